The molecule has 2 atom stereocenters. The molecule has 0 fully saturated rings. The van der Waals surface area contributed by atoms with Crippen molar-refractivity contribution in [1.82, 2.24) is 5.32 Å². The van der Waals surface area contributed by atoms with Gasteiger partial charge in [-0.15, -0.1) is 0 Å². The van der Waals surface area contributed by atoms with Crippen molar-refractivity contribution in [2.45, 2.75) is 83.3 Å². The van der Waals surface area contributed by atoms with Gasteiger partial charge < -0.3 is 20.6 Å². The molecule has 0 aromatic rings. The molecule has 0 unspecified atom stereocenters. The number of carbonyl (C=O) groups is 3. The van der Waals surface area contributed by atoms with E-state index in [1.165, 1.54) is 10.8 Å². The first-order chi connectivity index (χ1) is 19.4. The number of aliphatic hydroxyl groups excluding tert-OH is 2. The lowest BCUT2D eigenvalue weighted by Crippen LogP contribution is -2.46. The lowest BCUT2D eigenvalue weighted by molar-refractivity contribution is -0.158. The van der Waals surface area contributed by atoms with Crippen molar-refractivity contribution >= 4 is 39.2 Å². The molecule has 1 amide bonds. The lowest BCUT2D eigenvalue weighted by Gasteiger charge is -2.13. The number of aliphatic hydroxyl groups is 2. The van der Waals surface area contributed by atoms with E-state index in [-0.39, 0.29) is 12.3 Å². The van der Waals surface area contributed by atoms with E-state index in [9.17, 15) is 19.5 Å². The van der Waals surface area contributed by atoms with E-state index in [1.807, 2.05) is 0 Å². The summed E-state index contributed by atoms with van der Waals surface area (Å²) in [6, 6.07) is 0. The number of Topliss-reactive ketones (excluding diaryl/α,β-unsaturated/α-hetero) is 1. The van der Waals surface area contributed by atoms with Crippen molar-refractivity contribution in [3.63, 3.8) is 0 Å². The first-order valence-corrected chi connectivity index (χ1v) is 16.4. The van der Waals surface area contributed by atoms with Gasteiger partial charge in [0.15, 0.2) is 12.2 Å². The smallest absolute Gasteiger partial charge is 0.335 e. The highest BCUT2D eigenvalue weighted by molar-refractivity contribution is 8.76. The van der Waals surface area contributed by atoms with Gasteiger partial charge in [0.25, 0.3) is 5.91 Å². The SMILES string of the molecule is CC/C=C\C/C=C\C/C=C\C/C=C\C/C=C\C/C=C\CCC(=O)CCCSSCCNC(=O)[C@H](O)[C@@H](O)C(=O)O. The van der Waals surface area contributed by atoms with Crippen molar-refractivity contribution in [1.29, 1.82) is 0 Å². The van der Waals surface area contributed by atoms with E-state index >= 15 is 0 Å². The van der Waals surface area contributed by atoms with Crippen molar-refractivity contribution in [3.8, 4) is 0 Å². The van der Waals surface area contributed by atoms with Crippen LogP contribution in [0.1, 0.15) is 71.1 Å². The number of ketones is 1. The predicted octanol–water partition coefficient (Wildman–Crippen LogP) is 6.12. The van der Waals surface area contributed by atoms with Gasteiger partial charge in [-0.1, -0.05) is 101 Å². The maximum Gasteiger partial charge on any atom is 0.335 e. The number of aliphatic carboxylic acids is 1. The Balaban J connectivity index is 3.61. The third-order valence-electron chi connectivity index (χ3n) is 5.26. The van der Waals surface area contributed by atoms with Gasteiger partial charge in [-0.2, -0.15) is 0 Å². The summed E-state index contributed by atoms with van der Waals surface area (Å²) in [4.78, 5) is 34.0. The Hall–Kier alpha value is -2.33. The Kier molecular flexibility index (Phi) is 26.6. The molecule has 7 nitrogen and oxygen atoms in total. The number of nitrogens with one attached hydrogen (secondary N) is 1. The molecule has 0 spiro atoms. The summed E-state index contributed by atoms with van der Waals surface area (Å²) >= 11 is 0. The number of carbonyl (C=O) groups excluding carboxylic acids is 2. The highest BCUT2D eigenvalue weighted by Crippen LogP contribution is 2.22. The van der Waals surface area contributed by atoms with E-state index in [2.05, 4.69) is 85.2 Å². The topological polar surface area (TPSA) is 124 Å². The van der Waals surface area contributed by atoms with Crippen molar-refractivity contribution in [2.75, 3.05) is 18.1 Å². The molecule has 4 N–H and O–H groups in total. The summed E-state index contributed by atoms with van der Waals surface area (Å²) in [5.74, 6) is -0.950. The van der Waals surface area contributed by atoms with Crippen molar-refractivity contribution < 1.29 is 29.7 Å². The second kappa shape index (κ2) is 28.2. The second-order valence-corrected chi connectivity index (χ2v) is 11.5. The van der Waals surface area contributed by atoms with Crippen molar-refractivity contribution in [2.24, 2.45) is 0 Å². The van der Waals surface area contributed by atoms with E-state index < -0.39 is 24.1 Å². The molecular formula is C31H47NO6S2. The Morgan fingerprint density at radius 1 is 0.675 bits per heavy atom. The number of allylic oxidation sites excluding steroid dienone is 12. The molecule has 0 aromatic carbocycles. The summed E-state index contributed by atoms with van der Waals surface area (Å²) in [6.07, 6.45) is 30.3. The van der Waals surface area contributed by atoms with E-state index in [0.29, 0.717) is 18.6 Å². The zero-order valence-electron chi connectivity index (χ0n) is 23.7. The molecule has 0 rings (SSSR count). The Morgan fingerprint density at radius 2 is 1.15 bits per heavy atom. The minimum atomic E-state index is -2.14. The van der Waals surface area contributed by atoms with Gasteiger partial charge in [0.05, 0.1) is 0 Å². The second-order valence-electron chi connectivity index (χ2n) is 8.76. The van der Waals surface area contributed by atoms with Gasteiger partial charge in [-0.25, -0.2) is 4.79 Å². The molecule has 0 aliphatic carbocycles. The normalized spacial score (nSPS) is 14.0. The fraction of sp³-hybridized carbons (Fsp3) is 0.516. The Labute approximate surface area is 248 Å². The third-order valence-corrected chi connectivity index (χ3v) is 7.75. The van der Waals surface area contributed by atoms with Crippen LogP contribution in [0.15, 0.2) is 72.9 Å². The summed E-state index contributed by atoms with van der Waals surface area (Å²) in [5, 5.41) is 29.5. The van der Waals surface area contributed by atoms with Crippen LogP contribution in [0.4, 0.5) is 0 Å². The Morgan fingerprint density at radius 3 is 1.65 bits per heavy atom. The van der Waals surface area contributed by atoms with Crippen LogP contribution in [0, 0.1) is 0 Å². The molecule has 0 saturated heterocycles. The number of carboxylic acids is 1. The first-order valence-electron chi connectivity index (χ1n) is 13.9. The minimum absolute atomic E-state index is 0.241. The van der Waals surface area contributed by atoms with Gasteiger partial charge >= 0.3 is 5.97 Å². The molecule has 0 aromatic heterocycles. The molecule has 224 valence electrons. The zero-order chi connectivity index (χ0) is 29.7. The van der Waals surface area contributed by atoms with Crippen LogP contribution in [-0.4, -0.2) is 63.2 Å². The average Bonchev–Trinajstić information content (AvgIpc) is 2.94. The van der Waals surface area contributed by atoms with E-state index in [0.717, 1.165) is 57.1 Å². The summed E-state index contributed by atoms with van der Waals surface area (Å²) in [5.41, 5.74) is 0. The maximum atomic E-state index is 12.0. The molecule has 0 bridgehead atoms. The van der Waals surface area contributed by atoms with Crippen LogP contribution in [0.25, 0.3) is 0 Å². The van der Waals surface area contributed by atoms with Gasteiger partial charge in [-0.05, 0) is 51.4 Å². The predicted molar refractivity (Wildman–Crippen MR) is 169 cm³/mol. The fourth-order valence-electron chi connectivity index (χ4n) is 3.05. The molecular weight excluding hydrogens is 546 g/mol. The number of rotatable bonds is 25. The minimum Gasteiger partial charge on any atom is -0.479 e. The largest absolute Gasteiger partial charge is 0.479 e. The van der Waals surface area contributed by atoms with Crippen LogP contribution in [-0.2, 0) is 14.4 Å². The number of hydrogen-bond donors (Lipinski definition) is 4. The average molecular weight is 594 g/mol. The standard InChI is InChI=1S/C31H47NO6S2/c1-2-3-4-5-6-7-8-9-10-11-12-13-14-15-16-17-18-19-20-22-27(33)23-21-25-39-40-26-24-32-30(36)28(34)29(35)31(37)38/h3-4,6-7,9-10,12-13,15-16,18-19,28-29,34-35H,2,5,8,11,14,17,20-26H2,1H3,(H,32,36)(H,37,38)/b4-3-,7-6-,10-9-,13-12-,16-15-,19-18-/t28-,29-/m1/s1. The first kappa shape index (κ1) is 37.7. The lowest BCUT2D eigenvalue weighted by atomic mass is 10.1. The number of hydrogen-bond acceptors (Lipinski definition) is 7. The zero-order valence-corrected chi connectivity index (χ0v) is 25.3. The van der Waals surface area contributed by atoms with Gasteiger partial charge in [0, 0.05) is 30.9 Å². The molecule has 9 heteroatoms. The van der Waals surface area contributed by atoms with E-state index in [4.69, 9.17) is 10.2 Å². The van der Waals surface area contributed by atoms with Crippen LogP contribution in [0.2, 0.25) is 0 Å². The van der Waals surface area contributed by atoms with Crippen LogP contribution >= 0.6 is 21.6 Å². The summed E-state index contributed by atoms with van der Waals surface area (Å²) in [7, 11) is 3.11. The molecule has 0 saturated carbocycles. The molecule has 0 heterocycles. The van der Waals surface area contributed by atoms with Gasteiger partial charge in [0.2, 0.25) is 0 Å². The Bertz CT molecular complexity index is 864. The number of amides is 1. The highest BCUT2D eigenvalue weighted by atomic mass is 33.1. The monoisotopic (exact) mass is 593 g/mol. The third kappa shape index (κ3) is 24.7. The molecule has 0 aliphatic rings. The quantitative estimate of drug-likeness (QED) is 0.0567. The fourth-order valence-corrected chi connectivity index (χ4v) is 5.05. The summed E-state index contributed by atoms with van der Waals surface area (Å²) < 4.78 is 0. The highest BCUT2D eigenvalue weighted by Gasteiger charge is 2.29. The summed E-state index contributed by atoms with van der Waals surface area (Å²) in [6.45, 7) is 2.38. The molecule has 40 heavy (non-hydrogen) atoms. The van der Waals surface area contributed by atoms with Gasteiger partial charge in [0.1, 0.15) is 5.78 Å². The molecule has 0 radical (unpaired) electrons. The molecule has 0 aliphatic heterocycles. The van der Waals surface area contributed by atoms with Crippen LogP contribution < -0.4 is 5.32 Å². The van der Waals surface area contributed by atoms with E-state index in [1.54, 1.807) is 10.8 Å². The number of carboxylic acid groups (broad SMARTS) is 1. The maximum absolute atomic E-state index is 12.0. The van der Waals surface area contributed by atoms with Crippen LogP contribution in [0.3, 0.4) is 0 Å². The van der Waals surface area contributed by atoms with Crippen molar-refractivity contribution in [3.05, 3.63) is 72.9 Å². The van der Waals surface area contributed by atoms with Crippen LogP contribution in [0.5, 0.6) is 0 Å². The van der Waals surface area contributed by atoms with Gasteiger partial charge in [-0.3, -0.25) is 9.59 Å².